The molecule has 3 heterocycles. The molecule has 0 radical (unpaired) electrons. The van der Waals surface area contributed by atoms with Crippen LogP contribution in [-0.4, -0.2) is 57.4 Å². The first kappa shape index (κ1) is 18.3. The highest BCUT2D eigenvalue weighted by atomic mass is 16.3. The number of rotatable bonds is 4. The van der Waals surface area contributed by atoms with Crippen LogP contribution >= 0.6 is 0 Å². The fraction of sp³-hybridized carbons (Fsp3) is 0.381. The number of phenolic OH excluding ortho intramolecular Hbond substituents is 1. The number of aromatic hydroxyl groups is 1. The molecular weight excluding hydrogens is 354 g/mol. The van der Waals surface area contributed by atoms with Crippen LogP contribution in [0.2, 0.25) is 0 Å². The Bertz CT molecular complexity index is 977. The van der Waals surface area contributed by atoms with Gasteiger partial charge in [-0.15, -0.1) is 0 Å². The maximum atomic E-state index is 12.9. The van der Waals surface area contributed by atoms with Gasteiger partial charge in [-0.2, -0.15) is 5.10 Å². The molecule has 3 aromatic rings. The topological polar surface area (TPSA) is 74.5 Å². The average Bonchev–Trinajstić information content (AvgIpc) is 3.10. The van der Waals surface area contributed by atoms with E-state index in [0.717, 1.165) is 31.4 Å². The van der Waals surface area contributed by atoms with Gasteiger partial charge in [0.1, 0.15) is 5.75 Å². The van der Waals surface area contributed by atoms with Crippen LogP contribution in [-0.2, 0) is 7.05 Å². The Morgan fingerprint density at radius 2 is 1.96 bits per heavy atom. The lowest BCUT2D eigenvalue weighted by Gasteiger charge is -2.35. The number of piperidine rings is 1. The van der Waals surface area contributed by atoms with Crippen molar-refractivity contribution >= 4 is 22.5 Å². The van der Waals surface area contributed by atoms with Crippen molar-refractivity contribution in [2.45, 2.75) is 12.8 Å². The Morgan fingerprint density at radius 3 is 2.68 bits per heavy atom. The Hall–Kier alpha value is -3.09. The van der Waals surface area contributed by atoms with Gasteiger partial charge in [-0.3, -0.25) is 14.5 Å². The van der Waals surface area contributed by atoms with Crippen molar-refractivity contribution < 1.29 is 9.90 Å². The monoisotopic (exact) mass is 379 g/mol. The molecule has 1 fully saturated rings. The number of aryl methyl sites for hydroxylation is 1. The summed E-state index contributed by atoms with van der Waals surface area (Å²) in [5.41, 5.74) is 2.45. The molecule has 0 unspecified atom stereocenters. The molecule has 0 aliphatic carbocycles. The number of anilines is 1. The molecule has 4 rings (SSSR count). The minimum Gasteiger partial charge on any atom is -0.507 e. The van der Waals surface area contributed by atoms with Gasteiger partial charge in [0.05, 0.1) is 17.1 Å². The average molecular weight is 379 g/mol. The number of phenols is 1. The lowest BCUT2D eigenvalue weighted by Crippen LogP contribution is -2.39. The normalized spacial score (nSPS) is 15.1. The third-order valence-electron chi connectivity index (χ3n) is 5.61. The van der Waals surface area contributed by atoms with Crippen molar-refractivity contribution in [1.82, 2.24) is 19.7 Å². The van der Waals surface area contributed by atoms with E-state index >= 15 is 0 Å². The van der Waals surface area contributed by atoms with Gasteiger partial charge in [-0.1, -0.05) is 0 Å². The van der Waals surface area contributed by atoms with E-state index in [1.165, 1.54) is 11.8 Å². The van der Waals surface area contributed by atoms with E-state index in [-0.39, 0.29) is 11.7 Å². The molecule has 2 aromatic heterocycles. The Morgan fingerprint density at radius 1 is 1.25 bits per heavy atom. The van der Waals surface area contributed by atoms with Gasteiger partial charge in [0.25, 0.3) is 5.91 Å². The number of fused-ring (bicyclic) bond motifs is 1. The van der Waals surface area contributed by atoms with Crippen LogP contribution in [0.1, 0.15) is 23.2 Å². The quantitative estimate of drug-likeness (QED) is 0.754. The van der Waals surface area contributed by atoms with Gasteiger partial charge in [-0.25, -0.2) is 0 Å². The molecule has 0 bridgehead atoms. The lowest BCUT2D eigenvalue weighted by atomic mass is 9.95. The second-order valence-corrected chi connectivity index (χ2v) is 7.52. The van der Waals surface area contributed by atoms with Gasteiger partial charge in [0.2, 0.25) is 0 Å². The first-order valence-corrected chi connectivity index (χ1v) is 9.58. The van der Waals surface area contributed by atoms with Crippen LogP contribution in [0.4, 0.5) is 5.69 Å². The summed E-state index contributed by atoms with van der Waals surface area (Å²) in [5, 5.41) is 15.0. The van der Waals surface area contributed by atoms with E-state index in [1.54, 1.807) is 28.9 Å². The highest BCUT2D eigenvalue weighted by Gasteiger charge is 2.23. The number of hydrogen-bond donors (Lipinski definition) is 1. The van der Waals surface area contributed by atoms with Gasteiger partial charge in [0, 0.05) is 57.4 Å². The molecule has 0 saturated carbocycles. The number of benzene rings is 1. The highest BCUT2D eigenvalue weighted by molar-refractivity contribution is 5.99. The first-order valence-electron chi connectivity index (χ1n) is 9.58. The van der Waals surface area contributed by atoms with Crippen molar-refractivity contribution in [1.29, 1.82) is 0 Å². The van der Waals surface area contributed by atoms with Gasteiger partial charge >= 0.3 is 0 Å². The van der Waals surface area contributed by atoms with E-state index in [2.05, 4.69) is 15.0 Å². The molecule has 28 heavy (non-hydrogen) atoms. The number of carbonyl (C=O) groups excluding carboxylic acids is 1. The standard InChI is InChI=1S/C21H25N5O2/c1-24(14-15-5-9-26(10-6-15)17-3-7-22-8-4-17)21(28)16-11-19-18(20(27)12-16)13-23-25(19)2/h3-4,7-8,11-13,15,27H,5-6,9-10,14H2,1-2H3. The van der Waals surface area contributed by atoms with Gasteiger partial charge < -0.3 is 14.9 Å². The summed E-state index contributed by atoms with van der Waals surface area (Å²) >= 11 is 0. The highest BCUT2D eigenvalue weighted by Crippen LogP contribution is 2.27. The first-order chi connectivity index (χ1) is 13.5. The van der Waals surface area contributed by atoms with Crippen LogP contribution in [0.15, 0.2) is 42.9 Å². The number of carbonyl (C=O) groups is 1. The molecule has 146 valence electrons. The summed E-state index contributed by atoms with van der Waals surface area (Å²) in [6.07, 6.45) is 7.35. The number of hydrogen-bond acceptors (Lipinski definition) is 5. The third kappa shape index (κ3) is 3.52. The van der Waals surface area contributed by atoms with Gasteiger partial charge in [0.15, 0.2) is 0 Å². The summed E-state index contributed by atoms with van der Waals surface area (Å²) in [6.45, 7) is 2.68. The Kier molecular flexibility index (Phi) is 4.90. The molecule has 0 spiro atoms. The van der Waals surface area contributed by atoms with Crippen molar-refractivity contribution in [3.63, 3.8) is 0 Å². The molecule has 1 aliphatic heterocycles. The summed E-state index contributed by atoms with van der Waals surface area (Å²) in [4.78, 5) is 21.1. The zero-order valence-electron chi connectivity index (χ0n) is 16.2. The molecular formula is C21H25N5O2. The lowest BCUT2D eigenvalue weighted by molar-refractivity contribution is 0.0764. The fourth-order valence-corrected chi connectivity index (χ4v) is 3.97. The van der Waals surface area contributed by atoms with Crippen molar-refractivity contribution in [3.05, 3.63) is 48.4 Å². The fourth-order valence-electron chi connectivity index (χ4n) is 3.97. The third-order valence-corrected chi connectivity index (χ3v) is 5.61. The maximum Gasteiger partial charge on any atom is 0.253 e. The summed E-state index contributed by atoms with van der Waals surface area (Å²) in [7, 11) is 3.64. The smallest absolute Gasteiger partial charge is 0.253 e. The summed E-state index contributed by atoms with van der Waals surface area (Å²) in [6, 6.07) is 7.41. The van der Waals surface area contributed by atoms with Crippen LogP contribution in [0, 0.1) is 5.92 Å². The van der Waals surface area contributed by atoms with Crippen LogP contribution in [0.25, 0.3) is 10.9 Å². The van der Waals surface area contributed by atoms with Crippen LogP contribution < -0.4 is 4.90 Å². The molecule has 1 aliphatic rings. The molecule has 7 heteroatoms. The van der Waals surface area contributed by atoms with Crippen molar-refractivity contribution in [3.8, 4) is 5.75 Å². The SMILES string of the molecule is CN(CC1CCN(c2ccncc2)CC1)C(=O)c1cc(O)c2cnn(C)c2c1. The summed E-state index contributed by atoms with van der Waals surface area (Å²) < 4.78 is 1.67. The van der Waals surface area contributed by atoms with E-state index in [9.17, 15) is 9.90 Å². The number of aromatic nitrogens is 3. The van der Waals surface area contributed by atoms with Crippen LogP contribution in [0.5, 0.6) is 5.75 Å². The second kappa shape index (κ2) is 7.50. The van der Waals surface area contributed by atoms with E-state index in [0.29, 0.717) is 23.4 Å². The van der Waals surface area contributed by atoms with Crippen molar-refractivity contribution in [2.75, 3.05) is 31.6 Å². The second-order valence-electron chi connectivity index (χ2n) is 7.52. The minimum absolute atomic E-state index is 0.0741. The molecule has 1 N–H and O–H groups in total. The number of nitrogens with zero attached hydrogens (tertiary/aromatic N) is 5. The molecule has 0 atom stereocenters. The van der Waals surface area contributed by atoms with E-state index in [1.807, 2.05) is 31.6 Å². The molecule has 7 nitrogen and oxygen atoms in total. The van der Waals surface area contributed by atoms with Crippen LogP contribution in [0.3, 0.4) is 0 Å². The van der Waals surface area contributed by atoms with E-state index in [4.69, 9.17) is 0 Å². The summed E-state index contributed by atoms with van der Waals surface area (Å²) in [5.74, 6) is 0.490. The predicted molar refractivity (Wildman–Crippen MR) is 109 cm³/mol. The number of amides is 1. The minimum atomic E-state index is -0.0741. The van der Waals surface area contributed by atoms with E-state index < -0.39 is 0 Å². The Balaban J connectivity index is 1.39. The largest absolute Gasteiger partial charge is 0.507 e. The predicted octanol–water partition coefficient (Wildman–Crippen LogP) is 2.66. The van der Waals surface area contributed by atoms with Crippen molar-refractivity contribution in [2.24, 2.45) is 13.0 Å². The zero-order chi connectivity index (χ0) is 19.7. The number of pyridine rings is 1. The van der Waals surface area contributed by atoms with Gasteiger partial charge in [-0.05, 0) is 43.0 Å². The Labute approximate surface area is 164 Å². The molecule has 1 amide bonds. The molecule has 1 saturated heterocycles. The molecule has 1 aromatic carbocycles. The maximum absolute atomic E-state index is 12.9. The zero-order valence-corrected chi connectivity index (χ0v) is 16.2.